The highest BCUT2D eigenvalue weighted by Crippen LogP contribution is 2.26. The molecule has 0 saturated carbocycles. The highest BCUT2D eigenvalue weighted by atomic mass is 32.2. The van der Waals surface area contributed by atoms with Gasteiger partial charge in [-0.1, -0.05) is 39.5 Å². The summed E-state index contributed by atoms with van der Waals surface area (Å²) in [5.41, 5.74) is 0.0690. The van der Waals surface area contributed by atoms with Crippen molar-refractivity contribution in [1.82, 2.24) is 4.98 Å². The molecule has 0 fully saturated rings. The van der Waals surface area contributed by atoms with Crippen LogP contribution in [-0.4, -0.2) is 10.7 Å². The van der Waals surface area contributed by atoms with E-state index in [0.29, 0.717) is 0 Å². The van der Waals surface area contributed by atoms with Gasteiger partial charge in [0.1, 0.15) is 5.76 Å². The van der Waals surface area contributed by atoms with Gasteiger partial charge in [0.15, 0.2) is 0 Å². The molecular weight excluding hydrogens is 170 g/mol. The van der Waals surface area contributed by atoms with Crippen LogP contribution >= 0.6 is 11.8 Å². The minimum Gasteiger partial charge on any atom is -0.436 e. The summed E-state index contributed by atoms with van der Waals surface area (Å²) < 4.78 is 5.54. The zero-order valence-corrected chi connectivity index (χ0v) is 8.86. The zero-order chi connectivity index (χ0) is 9.19. The predicted molar refractivity (Wildman–Crippen MR) is 51.6 cm³/mol. The Bertz CT molecular complexity index is 249. The van der Waals surface area contributed by atoms with Crippen LogP contribution in [0, 0.1) is 0 Å². The van der Waals surface area contributed by atoms with Crippen molar-refractivity contribution in [2.45, 2.75) is 38.3 Å². The Labute approximate surface area is 77.8 Å². The lowest BCUT2D eigenvalue weighted by Crippen LogP contribution is -2.09. The zero-order valence-electron chi connectivity index (χ0n) is 8.05. The molecule has 68 valence electrons. The quantitative estimate of drug-likeness (QED) is 0.662. The molecule has 12 heavy (non-hydrogen) atoms. The van der Waals surface area contributed by atoms with E-state index in [1.807, 2.05) is 6.20 Å². The SMILES string of the molecule is CCSc1ncc(C(C)(C)C)o1. The molecule has 1 heterocycles. The van der Waals surface area contributed by atoms with Gasteiger partial charge >= 0.3 is 0 Å². The molecular formula is C9H15NOS. The molecule has 0 bridgehead atoms. The van der Waals surface area contributed by atoms with Crippen molar-refractivity contribution >= 4 is 11.8 Å². The number of nitrogens with zero attached hydrogens (tertiary/aromatic N) is 1. The predicted octanol–water partition coefficient (Wildman–Crippen LogP) is 3.08. The Hall–Kier alpha value is -0.440. The van der Waals surface area contributed by atoms with Gasteiger partial charge in [-0.2, -0.15) is 0 Å². The van der Waals surface area contributed by atoms with E-state index >= 15 is 0 Å². The third-order valence-electron chi connectivity index (χ3n) is 1.49. The topological polar surface area (TPSA) is 26.0 Å². The number of hydrogen-bond acceptors (Lipinski definition) is 3. The Morgan fingerprint density at radius 1 is 1.50 bits per heavy atom. The highest BCUT2D eigenvalue weighted by molar-refractivity contribution is 7.99. The molecule has 1 aromatic rings. The largest absolute Gasteiger partial charge is 0.436 e. The second kappa shape index (κ2) is 3.52. The fourth-order valence-corrected chi connectivity index (χ4v) is 1.32. The van der Waals surface area contributed by atoms with E-state index in [-0.39, 0.29) is 5.41 Å². The van der Waals surface area contributed by atoms with Crippen molar-refractivity contribution in [3.05, 3.63) is 12.0 Å². The van der Waals surface area contributed by atoms with Crippen molar-refractivity contribution in [3.63, 3.8) is 0 Å². The van der Waals surface area contributed by atoms with Crippen LogP contribution in [0.5, 0.6) is 0 Å². The van der Waals surface area contributed by atoms with Gasteiger partial charge in [0.05, 0.1) is 6.20 Å². The van der Waals surface area contributed by atoms with Crippen LogP contribution in [-0.2, 0) is 5.41 Å². The molecule has 1 rings (SSSR count). The van der Waals surface area contributed by atoms with Gasteiger partial charge in [-0.15, -0.1) is 0 Å². The number of oxazole rings is 1. The van der Waals surface area contributed by atoms with Crippen molar-refractivity contribution < 1.29 is 4.42 Å². The van der Waals surface area contributed by atoms with E-state index in [2.05, 4.69) is 32.7 Å². The molecule has 1 aromatic heterocycles. The maximum atomic E-state index is 5.54. The molecule has 0 radical (unpaired) electrons. The minimum atomic E-state index is 0.0690. The van der Waals surface area contributed by atoms with Crippen molar-refractivity contribution in [1.29, 1.82) is 0 Å². The van der Waals surface area contributed by atoms with E-state index in [0.717, 1.165) is 16.7 Å². The number of aromatic nitrogens is 1. The number of rotatable bonds is 2. The summed E-state index contributed by atoms with van der Waals surface area (Å²) in [6.07, 6.45) is 1.82. The molecule has 0 aliphatic carbocycles. The summed E-state index contributed by atoms with van der Waals surface area (Å²) in [5, 5.41) is 0.780. The number of thioether (sulfide) groups is 1. The molecule has 2 nitrogen and oxygen atoms in total. The summed E-state index contributed by atoms with van der Waals surface area (Å²) in [5.74, 6) is 1.96. The molecule has 3 heteroatoms. The third-order valence-corrected chi connectivity index (χ3v) is 2.22. The molecule has 0 spiro atoms. The first kappa shape index (κ1) is 9.65. The molecule has 0 amide bonds. The lowest BCUT2D eigenvalue weighted by Gasteiger charge is -2.12. The van der Waals surface area contributed by atoms with Crippen LogP contribution < -0.4 is 0 Å². The van der Waals surface area contributed by atoms with Crippen LogP contribution in [0.3, 0.4) is 0 Å². The van der Waals surface area contributed by atoms with E-state index in [1.165, 1.54) is 0 Å². The summed E-state index contributed by atoms with van der Waals surface area (Å²) in [6, 6.07) is 0. The van der Waals surface area contributed by atoms with Crippen LogP contribution in [0.15, 0.2) is 15.8 Å². The van der Waals surface area contributed by atoms with Gasteiger partial charge < -0.3 is 4.42 Å². The summed E-state index contributed by atoms with van der Waals surface area (Å²) in [7, 11) is 0. The minimum absolute atomic E-state index is 0.0690. The van der Waals surface area contributed by atoms with Crippen LogP contribution in [0.1, 0.15) is 33.5 Å². The second-order valence-electron chi connectivity index (χ2n) is 3.67. The Kier molecular flexibility index (Phi) is 2.83. The van der Waals surface area contributed by atoms with Crippen molar-refractivity contribution in [3.8, 4) is 0 Å². The van der Waals surface area contributed by atoms with E-state index in [1.54, 1.807) is 11.8 Å². The first-order valence-electron chi connectivity index (χ1n) is 4.13. The molecule has 0 saturated heterocycles. The molecule has 0 N–H and O–H groups in total. The lowest BCUT2D eigenvalue weighted by atomic mass is 9.94. The Balaban J connectivity index is 2.77. The van der Waals surface area contributed by atoms with Gasteiger partial charge in [0, 0.05) is 5.41 Å². The fourth-order valence-electron chi connectivity index (χ4n) is 0.795. The average Bonchev–Trinajstić information content (AvgIpc) is 2.35. The summed E-state index contributed by atoms with van der Waals surface area (Å²) >= 11 is 1.63. The maximum Gasteiger partial charge on any atom is 0.255 e. The highest BCUT2D eigenvalue weighted by Gasteiger charge is 2.18. The fraction of sp³-hybridized carbons (Fsp3) is 0.667. The molecule has 0 atom stereocenters. The van der Waals surface area contributed by atoms with Crippen LogP contribution in [0.2, 0.25) is 0 Å². The van der Waals surface area contributed by atoms with Gasteiger partial charge in [0.25, 0.3) is 5.22 Å². The van der Waals surface area contributed by atoms with Crippen LogP contribution in [0.25, 0.3) is 0 Å². The average molecular weight is 185 g/mol. The molecule has 0 aliphatic rings. The van der Waals surface area contributed by atoms with E-state index < -0.39 is 0 Å². The smallest absolute Gasteiger partial charge is 0.255 e. The normalized spacial score (nSPS) is 12.0. The van der Waals surface area contributed by atoms with Crippen molar-refractivity contribution in [2.24, 2.45) is 0 Å². The Morgan fingerprint density at radius 2 is 2.17 bits per heavy atom. The van der Waals surface area contributed by atoms with E-state index in [9.17, 15) is 0 Å². The molecule has 0 aromatic carbocycles. The maximum absolute atomic E-state index is 5.54. The summed E-state index contributed by atoms with van der Waals surface area (Å²) in [6.45, 7) is 8.45. The second-order valence-corrected chi connectivity index (χ2v) is 4.89. The van der Waals surface area contributed by atoms with Crippen molar-refractivity contribution in [2.75, 3.05) is 5.75 Å². The van der Waals surface area contributed by atoms with E-state index in [4.69, 9.17) is 4.42 Å². The van der Waals surface area contributed by atoms with Gasteiger partial charge in [-0.05, 0) is 5.75 Å². The first-order chi connectivity index (χ1) is 5.54. The standard InChI is InChI=1S/C9H15NOS/c1-5-12-8-10-6-7(11-8)9(2,3)4/h6H,5H2,1-4H3. The molecule has 0 aliphatic heterocycles. The third kappa shape index (κ3) is 2.27. The van der Waals surface area contributed by atoms with Crippen LogP contribution in [0.4, 0.5) is 0 Å². The number of hydrogen-bond donors (Lipinski definition) is 0. The van der Waals surface area contributed by atoms with Gasteiger partial charge in [0.2, 0.25) is 0 Å². The lowest BCUT2D eigenvalue weighted by molar-refractivity contribution is 0.355. The first-order valence-corrected chi connectivity index (χ1v) is 5.11. The van der Waals surface area contributed by atoms with Gasteiger partial charge in [-0.3, -0.25) is 0 Å². The van der Waals surface area contributed by atoms with Gasteiger partial charge in [-0.25, -0.2) is 4.98 Å². The molecule has 0 unspecified atom stereocenters. The Morgan fingerprint density at radius 3 is 2.58 bits per heavy atom. The summed E-state index contributed by atoms with van der Waals surface area (Å²) in [4.78, 5) is 4.17. The monoisotopic (exact) mass is 185 g/mol.